The summed E-state index contributed by atoms with van der Waals surface area (Å²) < 4.78 is 86.6. The summed E-state index contributed by atoms with van der Waals surface area (Å²) in [5.41, 5.74) is -2.79. The number of benzene rings is 1. The molecule has 10 rings (SSSR count). The minimum Gasteiger partial charge on any atom is -0.490 e. The van der Waals surface area contributed by atoms with Gasteiger partial charge in [-0.25, -0.2) is 18.6 Å². The number of carbonyl (C=O) groups is 2. The Morgan fingerprint density at radius 1 is 0.907 bits per heavy atom. The van der Waals surface area contributed by atoms with Crippen molar-refractivity contribution in [1.29, 1.82) is 0 Å². The first kappa shape index (κ1) is 35.9. The summed E-state index contributed by atoms with van der Waals surface area (Å²) in [7, 11) is 0. The fraction of sp³-hybridized carbons (Fsp3) is 0.625. The van der Waals surface area contributed by atoms with Crippen molar-refractivity contribution in [2.24, 2.45) is 23.7 Å². The molecule has 4 bridgehead atoms. The fourth-order valence-corrected chi connectivity index (χ4v) is 10.9. The van der Waals surface area contributed by atoms with E-state index in [1.807, 2.05) is 10.6 Å². The van der Waals surface area contributed by atoms with Crippen molar-refractivity contribution in [2.75, 3.05) is 26.3 Å². The van der Waals surface area contributed by atoms with Crippen molar-refractivity contribution < 1.29 is 46.1 Å². The molecule has 1 amide bonds. The number of amides is 1. The van der Waals surface area contributed by atoms with Gasteiger partial charge in [-0.3, -0.25) is 9.69 Å². The zero-order chi connectivity index (χ0) is 37.6. The first-order chi connectivity index (χ1) is 25.8. The van der Waals surface area contributed by atoms with E-state index in [2.05, 4.69) is 15.2 Å². The lowest BCUT2D eigenvalue weighted by Gasteiger charge is -2.59. The second-order valence-electron chi connectivity index (χ2n) is 16.8. The third-order valence-electron chi connectivity index (χ3n) is 13.6. The van der Waals surface area contributed by atoms with Gasteiger partial charge in [-0.05, 0) is 106 Å². The molecule has 0 radical (unpaired) electrons. The maximum Gasteiger partial charge on any atom is 0.434 e. The number of carboxylic acids is 1. The number of aliphatic carboxylic acids is 1. The third-order valence-corrected chi connectivity index (χ3v) is 13.6. The van der Waals surface area contributed by atoms with E-state index in [-0.39, 0.29) is 55.4 Å². The number of halogens is 5. The average Bonchev–Trinajstić information content (AvgIpc) is 3.47. The van der Waals surface area contributed by atoms with Gasteiger partial charge in [0.15, 0.2) is 5.69 Å². The molecule has 54 heavy (non-hydrogen) atoms. The van der Waals surface area contributed by atoms with Crippen LogP contribution in [0.3, 0.4) is 0 Å². The molecule has 2 saturated heterocycles. The molecule has 0 atom stereocenters. The highest BCUT2D eigenvalue weighted by molar-refractivity contribution is 6.00. The fourth-order valence-electron chi connectivity index (χ4n) is 10.9. The molecule has 290 valence electrons. The summed E-state index contributed by atoms with van der Waals surface area (Å²) in [6.45, 7) is 3.27. The van der Waals surface area contributed by atoms with Gasteiger partial charge in [0.2, 0.25) is 5.92 Å². The zero-order valence-electron chi connectivity index (χ0n) is 29.9. The van der Waals surface area contributed by atoms with Crippen LogP contribution in [0.25, 0.3) is 22.2 Å². The van der Waals surface area contributed by atoms with E-state index in [9.17, 15) is 36.6 Å². The molecule has 7 fully saturated rings. The second-order valence-corrected chi connectivity index (χ2v) is 16.8. The number of piperidine rings is 1. The van der Waals surface area contributed by atoms with Gasteiger partial charge in [-0.15, -0.1) is 0 Å². The number of nitrogens with one attached hydrogen (secondary N) is 1. The Labute approximate surface area is 309 Å². The highest BCUT2D eigenvalue weighted by atomic mass is 19.4. The number of hydrogen-bond donors (Lipinski definition) is 2. The Morgan fingerprint density at radius 3 is 2.17 bits per heavy atom. The average molecular weight is 757 g/mol. The summed E-state index contributed by atoms with van der Waals surface area (Å²) in [6, 6.07) is 7.95. The minimum absolute atomic E-state index is 0.0233. The van der Waals surface area contributed by atoms with Gasteiger partial charge in [-0.1, -0.05) is 0 Å². The standard InChI is InChI=1S/C40H45F5N4O5/c41-38(42)9-5-26(6-10-38)49-19-32(30-2-1-29(18-34(30)49)54-28-7-11-48(12-8-28)27-20-53-21-27)33-4-3-31(35(46-33)40(43,44)45)36(50)47-39(37(51)52)24-14-22-13-23(16-24)17-25(39)15-22/h1-4,18-19,22-28H,5-17,20-21H2,(H,47,50)(H,51,52). The Bertz CT molecular complexity index is 1910. The van der Waals surface area contributed by atoms with Gasteiger partial charge in [0.1, 0.15) is 17.4 Å². The lowest BCUT2D eigenvalue weighted by Crippen LogP contribution is -2.70. The van der Waals surface area contributed by atoms with Crippen molar-refractivity contribution >= 4 is 22.8 Å². The lowest BCUT2D eigenvalue weighted by atomic mass is 9.48. The van der Waals surface area contributed by atoms with E-state index in [1.54, 1.807) is 18.3 Å². The molecule has 5 saturated carbocycles. The Hall–Kier alpha value is -3.78. The van der Waals surface area contributed by atoms with Crippen LogP contribution in [0.4, 0.5) is 22.0 Å². The van der Waals surface area contributed by atoms with E-state index in [4.69, 9.17) is 9.47 Å². The third kappa shape index (κ3) is 6.24. The first-order valence-corrected chi connectivity index (χ1v) is 19.4. The molecule has 0 spiro atoms. The van der Waals surface area contributed by atoms with Gasteiger partial charge in [0.05, 0.1) is 36.0 Å². The number of alkyl halides is 5. The van der Waals surface area contributed by atoms with Crippen LogP contribution >= 0.6 is 0 Å². The topological polar surface area (TPSA) is 106 Å². The number of fused-ring (bicyclic) bond motifs is 1. The van der Waals surface area contributed by atoms with Crippen LogP contribution in [0.15, 0.2) is 36.5 Å². The maximum absolute atomic E-state index is 14.8. The van der Waals surface area contributed by atoms with Crippen LogP contribution in [0, 0.1) is 23.7 Å². The van der Waals surface area contributed by atoms with Crippen molar-refractivity contribution in [2.45, 2.75) is 106 Å². The largest absolute Gasteiger partial charge is 0.490 e. The van der Waals surface area contributed by atoms with Gasteiger partial charge >= 0.3 is 12.1 Å². The molecule has 2 aliphatic heterocycles. The van der Waals surface area contributed by atoms with Crippen LogP contribution in [-0.4, -0.2) is 81.3 Å². The van der Waals surface area contributed by atoms with E-state index in [1.165, 1.54) is 6.07 Å². The molecule has 3 aromatic rings. The molecule has 2 N–H and O–H groups in total. The summed E-state index contributed by atoms with van der Waals surface area (Å²) >= 11 is 0. The number of carbonyl (C=O) groups excluding carboxylic acids is 1. The predicted molar refractivity (Wildman–Crippen MR) is 187 cm³/mol. The SMILES string of the molecule is O=C(NC1(C(=O)O)C2CC3CC(C2)CC1C3)c1ccc(-c2cn(C3CCC(F)(F)CC3)c3cc(OC4CCN(C5COC5)CC4)ccc23)nc1C(F)(F)F. The summed E-state index contributed by atoms with van der Waals surface area (Å²) in [4.78, 5) is 33.1. The number of carboxylic acid groups (broad SMARTS) is 1. The monoisotopic (exact) mass is 756 g/mol. The van der Waals surface area contributed by atoms with Crippen molar-refractivity contribution in [3.8, 4) is 17.0 Å². The van der Waals surface area contributed by atoms with Crippen LogP contribution in [0.1, 0.15) is 92.7 Å². The van der Waals surface area contributed by atoms with Gasteiger partial charge in [0.25, 0.3) is 5.91 Å². The van der Waals surface area contributed by atoms with E-state index in [0.717, 1.165) is 51.6 Å². The number of nitrogens with zero attached hydrogens (tertiary/aromatic N) is 3. The normalized spacial score (nSPS) is 30.4. The van der Waals surface area contributed by atoms with Gasteiger partial charge in [-0.2, -0.15) is 13.2 Å². The number of ether oxygens (including phenoxy) is 2. The second kappa shape index (κ2) is 13.2. The Morgan fingerprint density at radius 2 is 1.57 bits per heavy atom. The van der Waals surface area contributed by atoms with Gasteiger partial charge in [0, 0.05) is 55.2 Å². The highest BCUT2D eigenvalue weighted by Gasteiger charge is 2.62. The number of rotatable bonds is 8. The molecule has 7 aliphatic rings. The molecule has 2 aromatic heterocycles. The molecule has 9 nitrogen and oxygen atoms in total. The quantitative estimate of drug-likeness (QED) is 0.227. The highest BCUT2D eigenvalue weighted by Crippen LogP contribution is 2.58. The van der Waals surface area contributed by atoms with Gasteiger partial charge < -0.3 is 24.5 Å². The van der Waals surface area contributed by atoms with Crippen LogP contribution < -0.4 is 10.1 Å². The number of aromatic nitrogens is 2. The van der Waals surface area contributed by atoms with Crippen molar-refractivity contribution in [1.82, 2.24) is 19.8 Å². The maximum atomic E-state index is 14.8. The summed E-state index contributed by atoms with van der Waals surface area (Å²) in [5.74, 6) is -4.41. The van der Waals surface area contributed by atoms with E-state index in [0.29, 0.717) is 65.8 Å². The molecule has 1 aromatic carbocycles. The van der Waals surface area contributed by atoms with E-state index >= 15 is 0 Å². The molecule has 5 aliphatic carbocycles. The Balaban J connectivity index is 1.04. The molecular formula is C40H45F5N4O5. The summed E-state index contributed by atoms with van der Waals surface area (Å²) in [5, 5.41) is 13.7. The van der Waals surface area contributed by atoms with Crippen LogP contribution in [0.5, 0.6) is 5.75 Å². The number of hydrogen-bond acceptors (Lipinski definition) is 6. The molecule has 14 heteroatoms. The molecule has 0 unspecified atom stereocenters. The smallest absolute Gasteiger partial charge is 0.434 e. The Kier molecular flexibility index (Phi) is 8.75. The van der Waals surface area contributed by atoms with Crippen LogP contribution in [-0.2, 0) is 15.7 Å². The predicted octanol–water partition coefficient (Wildman–Crippen LogP) is 7.72. The molecular weight excluding hydrogens is 711 g/mol. The van der Waals surface area contributed by atoms with E-state index < -0.39 is 40.8 Å². The van der Waals surface area contributed by atoms with Crippen molar-refractivity contribution in [3.63, 3.8) is 0 Å². The van der Waals surface area contributed by atoms with Crippen LogP contribution in [0.2, 0.25) is 0 Å². The summed E-state index contributed by atoms with van der Waals surface area (Å²) in [6.07, 6.45) is 1.65. The minimum atomic E-state index is -5.03. The molecule has 4 heterocycles. The van der Waals surface area contributed by atoms with Crippen molar-refractivity contribution in [3.05, 3.63) is 47.8 Å². The number of likely N-dealkylation sites (tertiary alicyclic amines) is 1. The lowest BCUT2D eigenvalue weighted by molar-refractivity contribution is -0.163. The number of pyridine rings is 1. The first-order valence-electron chi connectivity index (χ1n) is 19.4. The zero-order valence-corrected chi connectivity index (χ0v) is 29.9.